The molecule has 1 aliphatic heterocycles. The van der Waals surface area contributed by atoms with Gasteiger partial charge in [0.1, 0.15) is 5.75 Å². The first kappa shape index (κ1) is 18.6. The van der Waals surface area contributed by atoms with Crippen molar-refractivity contribution < 1.29 is 9.53 Å². The molecule has 134 valence electrons. The van der Waals surface area contributed by atoms with Crippen LogP contribution in [0.1, 0.15) is 31.2 Å². The third-order valence-corrected chi connectivity index (χ3v) is 4.77. The molecule has 2 rings (SSSR count). The number of aryl methyl sites for hydroxylation is 1. The zero-order chi connectivity index (χ0) is 17.4. The Morgan fingerprint density at radius 2 is 2.17 bits per heavy atom. The lowest BCUT2D eigenvalue weighted by molar-refractivity contribution is 0.197. The number of benzene rings is 1. The molecule has 1 aromatic carbocycles. The summed E-state index contributed by atoms with van der Waals surface area (Å²) in [7, 11) is 5.93. The van der Waals surface area contributed by atoms with Gasteiger partial charge in [0, 0.05) is 25.7 Å². The van der Waals surface area contributed by atoms with Gasteiger partial charge in [0.2, 0.25) is 0 Å². The number of hydrogen-bond acceptors (Lipinski definition) is 3. The fourth-order valence-corrected chi connectivity index (χ4v) is 3.23. The van der Waals surface area contributed by atoms with Crippen molar-refractivity contribution in [1.82, 2.24) is 15.1 Å². The fraction of sp³-hybridized carbons (Fsp3) is 0.632. The van der Waals surface area contributed by atoms with E-state index in [0.717, 1.165) is 44.5 Å². The third-order valence-electron chi connectivity index (χ3n) is 4.77. The number of amides is 2. The normalized spacial score (nSPS) is 18.3. The lowest BCUT2D eigenvalue weighted by atomic mass is 10.1. The zero-order valence-corrected chi connectivity index (χ0v) is 15.3. The number of carbonyl (C=O) groups excluding carboxylic acids is 1. The van der Waals surface area contributed by atoms with Crippen molar-refractivity contribution in [3.05, 3.63) is 29.8 Å². The number of nitrogens with one attached hydrogen (secondary N) is 1. The molecule has 0 aliphatic carbocycles. The molecular weight excluding hydrogens is 302 g/mol. The van der Waals surface area contributed by atoms with Gasteiger partial charge in [-0.1, -0.05) is 12.1 Å². The van der Waals surface area contributed by atoms with E-state index in [1.165, 1.54) is 12.0 Å². The van der Waals surface area contributed by atoms with Gasteiger partial charge < -0.3 is 19.9 Å². The Balaban J connectivity index is 1.69. The number of urea groups is 1. The first-order valence-corrected chi connectivity index (χ1v) is 8.92. The van der Waals surface area contributed by atoms with Crippen molar-refractivity contribution in [3.8, 4) is 5.75 Å². The van der Waals surface area contributed by atoms with Crippen LogP contribution in [-0.4, -0.2) is 62.7 Å². The van der Waals surface area contributed by atoms with Crippen molar-refractivity contribution in [3.63, 3.8) is 0 Å². The average Bonchev–Trinajstić information content (AvgIpc) is 2.85. The smallest absolute Gasteiger partial charge is 0.317 e. The van der Waals surface area contributed by atoms with E-state index in [4.69, 9.17) is 4.74 Å². The van der Waals surface area contributed by atoms with Crippen LogP contribution in [0, 0.1) is 0 Å². The lowest BCUT2D eigenvalue weighted by Gasteiger charge is -2.23. The molecule has 5 nitrogen and oxygen atoms in total. The van der Waals surface area contributed by atoms with Crippen LogP contribution in [0.4, 0.5) is 4.79 Å². The maximum Gasteiger partial charge on any atom is 0.317 e. The molecule has 2 amide bonds. The molecule has 0 aromatic heterocycles. The number of rotatable bonds is 6. The van der Waals surface area contributed by atoms with Gasteiger partial charge >= 0.3 is 6.03 Å². The minimum atomic E-state index is 0.0834. The van der Waals surface area contributed by atoms with Gasteiger partial charge in [-0.15, -0.1) is 0 Å². The van der Waals surface area contributed by atoms with E-state index in [1.807, 2.05) is 17.0 Å². The summed E-state index contributed by atoms with van der Waals surface area (Å²) < 4.78 is 5.24. The van der Waals surface area contributed by atoms with Crippen molar-refractivity contribution in [2.45, 2.75) is 38.1 Å². The highest BCUT2D eigenvalue weighted by atomic mass is 16.5. The van der Waals surface area contributed by atoms with E-state index >= 15 is 0 Å². The molecule has 1 heterocycles. The van der Waals surface area contributed by atoms with E-state index in [9.17, 15) is 4.79 Å². The van der Waals surface area contributed by atoms with Gasteiger partial charge in [-0.3, -0.25) is 0 Å². The first-order chi connectivity index (χ1) is 11.6. The van der Waals surface area contributed by atoms with Gasteiger partial charge in [-0.2, -0.15) is 0 Å². The first-order valence-electron chi connectivity index (χ1n) is 8.92. The second-order valence-corrected chi connectivity index (χ2v) is 6.72. The number of carbonyl (C=O) groups is 1. The Hall–Kier alpha value is -1.75. The highest BCUT2D eigenvalue weighted by Crippen LogP contribution is 2.15. The minimum absolute atomic E-state index is 0.0834. The summed E-state index contributed by atoms with van der Waals surface area (Å²) in [6.45, 7) is 2.43. The van der Waals surface area contributed by atoms with E-state index < -0.39 is 0 Å². The van der Waals surface area contributed by atoms with Gasteiger partial charge in [0.05, 0.1) is 7.11 Å². The van der Waals surface area contributed by atoms with Gasteiger partial charge in [0.25, 0.3) is 0 Å². The van der Waals surface area contributed by atoms with E-state index in [2.05, 4.69) is 36.4 Å². The molecule has 1 N–H and O–H groups in total. The molecule has 1 aromatic rings. The predicted molar refractivity (Wildman–Crippen MR) is 97.6 cm³/mol. The molecule has 1 atom stereocenters. The SMILES string of the molecule is COc1cccc(CCCNC(=O)N2CCC[C@@H](N(C)C)CC2)c1. The molecule has 0 saturated carbocycles. The highest BCUT2D eigenvalue weighted by Gasteiger charge is 2.21. The lowest BCUT2D eigenvalue weighted by Crippen LogP contribution is -2.41. The summed E-state index contributed by atoms with van der Waals surface area (Å²) in [5.74, 6) is 0.886. The van der Waals surface area contributed by atoms with Crippen LogP contribution in [0.5, 0.6) is 5.75 Å². The van der Waals surface area contributed by atoms with E-state index in [0.29, 0.717) is 12.6 Å². The van der Waals surface area contributed by atoms with Crippen LogP contribution in [0.3, 0.4) is 0 Å². The van der Waals surface area contributed by atoms with E-state index in [1.54, 1.807) is 7.11 Å². The van der Waals surface area contributed by atoms with Gasteiger partial charge in [0.15, 0.2) is 0 Å². The largest absolute Gasteiger partial charge is 0.497 e. The Kier molecular flexibility index (Phi) is 7.37. The summed E-state index contributed by atoms with van der Waals surface area (Å²) in [5, 5.41) is 3.07. The van der Waals surface area contributed by atoms with Gasteiger partial charge in [-0.25, -0.2) is 4.79 Å². The summed E-state index contributed by atoms with van der Waals surface area (Å²) in [5.41, 5.74) is 1.24. The van der Waals surface area contributed by atoms with Crippen LogP contribution < -0.4 is 10.1 Å². The predicted octanol–water partition coefficient (Wildman–Crippen LogP) is 2.75. The van der Waals surface area contributed by atoms with Crippen molar-refractivity contribution in [1.29, 1.82) is 0 Å². The quantitative estimate of drug-likeness (QED) is 0.814. The highest BCUT2D eigenvalue weighted by molar-refractivity contribution is 5.74. The standard InChI is InChI=1S/C19H31N3O2/c1-21(2)17-9-6-13-22(14-11-17)19(23)20-12-5-8-16-7-4-10-18(15-16)24-3/h4,7,10,15,17H,5-6,8-9,11-14H2,1-3H3,(H,20,23)/t17-/m1/s1. The minimum Gasteiger partial charge on any atom is -0.497 e. The molecule has 1 saturated heterocycles. The number of ether oxygens (including phenoxy) is 1. The van der Waals surface area contributed by atoms with Crippen LogP contribution in [-0.2, 0) is 6.42 Å². The molecule has 0 bridgehead atoms. The van der Waals surface area contributed by atoms with Crippen molar-refractivity contribution >= 4 is 6.03 Å². The van der Waals surface area contributed by atoms with Gasteiger partial charge in [-0.05, 0) is 63.9 Å². The van der Waals surface area contributed by atoms with Crippen LogP contribution in [0.15, 0.2) is 24.3 Å². The zero-order valence-electron chi connectivity index (χ0n) is 15.3. The second-order valence-electron chi connectivity index (χ2n) is 6.72. The maximum atomic E-state index is 12.3. The molecule has 1 fully saturated rings. The van der Waals surface area contributed by atoms with Crippen molar-refractivity contribution in [2.24, 2.45) is 0 Å². The van der Waals surface area contributed by atoms with Crippen molar-refractivity contribution in [2.75, 3.05) is 40.8 Å². The molecule has 0 spiro atoms. The monoisotopic (exact) mass is 333 g/mol. The van der Waals surface area contributed by atoms with Crippen LogP contribution in [0.2, 0.25) is 0 Å². The third kappa shape index (κ3) is 5.71. The topological polar surface area (TPSA) is 44.8 Å². The molecule has 24 heavy (non-hydrogen) atoms. The number of nitrogens with zero attached hydrogens (tertiary/aromatic N) is 2. The number of hydrogen-bond donors (Lipinski definition) is 1. The van der Waals surface area contributed by atoms with Crippen LogP contribution >= 0.6 is 0 Å². The molecule has 0 radical (unpaired) electrons. The summed E-state index contributed by atoms with van der Waals surface area (Å²) in [6.07, 6.45) is 5.20. The summed E-state index contributed by atoms with van der Waals surface area (Å²) >= 11 is 0. The molecular formula is C19H31N3O2. The number of methoxy groups -OCH3 is 1. The Bertz CT molecular complexity index is 519. The summed E-state index contributed by atoms with van der Waals surface area (Å²) in [6, 6.07) is 8.78. The maximum absolute atomic E-state index is 12.3. The Labute approximate surface area is 146 Å². The molecule has 1 aliphatic rings. The van der Waals surface area contributed by atoms with Crippen LogP contribution in [0.25, 0.3) is 0 Å². The van der Waals surface area contributed by atoms with E-state index in [-0.39, 0.29) is 6.03 Å². The molecule has 0 unspecified atom stereocenters. The molecule has 5 heteroatoms. The average molecular weight is 333 g/mol. The second kappa shape index (κ2) is 9.52. The number of likely N-dealkylation sites (tertiary alicyclic amines) is 1. The summed E-state index contributed by atoms with van der Waals surface area (Å²) in [4.78, 5) is 16.6. The Morgan fingerprint density at radius 3 is 2.92 bits per heavy atom. The Morgan fingerprint density at radius 1 is 1.33 bits per heavy atom. The fourth-order valence-electron chi connectivity index (χ4n) is 3.23.